The number of carbonyl (C=O) groups is 2. The number of aliphatic hydroxyl groups excluding tert-OH is 1. The Morgan fingerprint density at radius 2 is 1.95 bits per heavy atom. The summed E-state index contributed by atoms with van der Waals surface area (Å²) < 4.78 is 1.70. The van der Waals surface area contributed by atoms with Crippen LogP contribution in [0.3, 0.4) is 0 Å². The molecule has 0 aliphatic carbocycles. The van der Waals surface area contributed by atoms with Crippen molar-refractivity contribution in [3.63, 3.8) is 0 Å². The molecule has 192 valence electrons. The summed E-state index contributed by atoms with van der Waals surface area (Å²) in [6.45, 7) is 2.40. The molecule has 3 aromatic carbocycles. The minimum atomic E-state index is -1.79. The molecule has 0 spiro atoms. The Bertz CT molecular complexity index is 1600. The summed E-state index contributed by atoms with van der Waals surface area (Å²) in [5.74, 6) is -1.17. The van der Waals surface area contributed by atoms with Crippen molar-refractivity contribution in [3.05, 3.63) is 89.8 Å². The first-order valence-corrected chi connectivity index (χ1v) is 12.6. The summed E-state index contributed by atoms with van der Waals surface area (Å²) in [5, 5.41) is 33.5. The Kier molecular flexibility index (Phi) is 5.81. The van der Waals surface area contributed by atoms with Crippen molar-refractivity contribution in [2.45, 2.75) is 31.9 Å². The number of aliphatic hydroxyl groups is 2. The highest BCUT2D eigenvalue weighted by Gasteiger charge is 2.49. The molecule has 2 atom stereocenters. The number of anilines is 3. The van der Waals surface area contributed by atoms with Crippen LogP contribution in [0, 0.1) is 5.92 Å². The topological polar surface area (TPSA) is 121 Å². The van der Waals surface area contributed by atoms with Crippen LogP contribution in [0.25, 0.3) is 10.8 Å². The van der Waals surface area contributed by atoms with Crippen LogP contribution in [0.15, 0.2) is 72.9 Å². The van der Waals surface area contributed by atoms with Crippen molar-refractivity contribution in [2.24, 2.45) is 5.92 Å². The molecule has 0 radical (unpaired) electrons. The zero-order valence-electron chi connectivity index (χ0n) is 20.8. The van der Waals surface area contributed by atoms with Crippen molar-refractivity contribution < 1.29 is 19.8 Å². The number of carbonyl (C=O) groups excluding carboxylic acids is 2. The van der Waals surface area contributed by atoms with Gasteiger partial charge < -0.3 is 15.5 Å². The summed E-state index contributed by atoms with van der Waals surface area (Å²) in [7, 11) is 0. The van der Waals surface area contributed by atoms with Gasteiger partial charge in [-0.1, -0.05) is 48.6 Å². The Balaban J connectivity index is 1.26. The zero-order valence-corrected chi connectivity index (χ0v) is 20.8. The highest BCUT2D eigenvalue weighted by molar-refractivity contribution is 6.28. The maximum absolute atomic E-state index is 13.4. The fourth-order valence-corrected chi connectivity index (χ4v) is 5.38. The SMILES string of the molecule is C[C@H](/C=C/CCn1cc(CCO)nn1)[C@@]1(O)C(=O)Nc2ccc(N3C(=O)c4cccc5cccc3c45)cc21. The van der Waals surface area contributed by atoms with Crippen LogP contribution >= 0.6 is 0 Å². The number of rotatable bonds is 8. The molecule has 3 heterocycles. The van der Waals surface area contributed by atoms with E-state index in [1.54, 1.807) is 40.9 Å². The van der Waals surface area contributed by atoms with Gasteiger partial charge >= 0.3 is 0 Å². The molecule has 2 aliphatic rings. The van der Waals surface area contributed by atoms with Gasteiger partial charge in [0.25, 0.3) is 11.8 Å². The smallest absolute Gasteiger partial charge is 0.263 e. The van der Waals surface area contributed by atoms with Gasteiger partial charge in [0.05, 0.1) is 16.9 Å². The number of aromatic nitrogens is 3. The molecule has 9 heteroatoms. The van der Waals surface area contributed by atoms with Gasteiger partial charge in [0.15, 0.2) is 5.60 Å². The Hall–Kier alpha value is -4.34. The highest BCUT2D eigenvalue weighted by atomic mass is 16.3. The molecule has 9 nitrogen and oxygen atoms in total. The predicted octanol–water partition coefficient (Wildman–Crippen LogP) is 3.68. The number of hydrogen-bond acceptors (Lipinski definition) is 6. The van der Waals surface area contributed by atoms with Crippen LogP contribution in [0.1, 0.15) is 35.0 Å². The number of allylic oxidation sites excluding steroid dienone is 1. The van der Waals surface area contributed by atoms with E-state index in [0.717, 1.165) is 22.2 Å². The standard InChI is InChI=1S/C29H27N5O4/c1-18(6-2-3-14-33-17-20(13-15-35)31-32-33)29(38)23-16-21(11-12-24(23)30-28(29)37)34-25-10-5-8-19-7-4-9-22(26(19)25)27(34)36/h2,4-12,16-18,35,38H,3,13-15H2,1H3,(H,30,37)/b6-2+/t18-,29+/m1/s1. The predicted molar refractivity (Wildman–Crippen MR) is 143 cm³/mol. The second-order valence-electron chi connectivity index (χ2n) is 9.72. The zero-order chi connectivity index (χ0) is 26.4. The Morgan fingerprint density at radius 3 is 2.76 bits per heavy atom. The summed E-state index contributed by atoms with van der Waals surface area (Å²) in [5.41, 5.74) is 1.92. The number of fused-ring (bicyclic) bond motifs is 1. The van der Waals surface area contributed by atoms with E-state index in [1.807, 2.05) is 48.6 Å². The molecular formula is C29H27N5O4. The van der Waals surface area contributed by atoms with Gasteiger partial charge in [-0.15, -0.1) is 5.10 Å². The molecule has 2 aliphatic heterocycles. The van der Waals surface area contributed by atoms with Gasteiger partial charge in [-0.2, -0.15) is 0 Å². The number of benzene rings is 3. The van der Waals surface area contributed by atoms with Gasteiger partial charge in [-0.3, -0.25) is 19.2 Å². The van der Waals surface area contributed by atoms with Crippen LogP contribution in [-0.2, 0) is 23.4 Å². The lowest BCUT2D eigenvalue weighted by atomic mass is 9.82. The lowest BCUT2D eigenvalue weighted by Crippen LogP contribution is -2.39. The van der Waals surface area contributed by atoms with Crippen molar-refractivity contribution in [1.82, 2.24) is 15.0 Å². The first kappa shape index (κ1) is 24.0. The molecule has 4 aromatic rings. The molecule has 38 heavy (non-hydrogen) atoms. The van der Waals surface area contributed by atoms with E-state index >= 15 is 0 Å². The van der Waals surface area contributed by atoms with Gasteiger partial charge in [-0.25, -0.2) is 0 Å². The highest BCUT2D eigenvalue weighted by Crippen LogP contribution is 2.46. The van der Waals surface area contributed by atoms with Crippen LogP contribution in [-0.4, -0.2) is 43.6 Å². The quantitative estimate of drug-likeness (QED) is 0.312. The largest absolute Gasteiger partial charge is 0.396 e. The number of nitrogens with zero attached hydrogens (tertiary/aromatic N) is 4. The summed E-state index contributed by atoms with van der Waals surface area (Å²) in [6, 6.07) is 16.7. The maximum Gasteiger partial charge on any atom is 0.263 e. The average Bonchev–Trinajstić information content (AvgIpc) is 3.57. The summed E-state index contributed by atoms with van der Waals surface area (Å²) in [4.78, 5) is 28.1. The molecule has 6 rings (SSSR count). The Morgan fingerprint density at radius 1 is 1.13 bits per heavy atom. The molecule has 0 saturated heterocycles. The fourth-order valence-electron chi connectivity index (χ4n) is 5.38. The Labute approximate surface area is 219 Å². The molecule has 0 fully saturated rings. The first-order valence-electron chi connectivity index (χ1n) is 12.6. The molecule has 2 amide bonds. The third-order valence-corrected chi connectivity index (χ3v) is 7.39. The number of amides is 2. The third kappa shape index (κ3) is 3.70. The second kappa shape index (κ2) is 9.20. The molecule has 3 N–H and O–H groups in total. The van der Waals surface area contributed by atoms with Gasteiger partial charge in [-0.05, 0) is 42.1 Å². The fraction of sp³-hybridized carbons (Fsp3) is 0.241. The van der Waals surface area contributed by atoms with E-state index < -0.39 is 17.4 Å². The minimum absolute atomic E-state index is 0.0223. The van der Waals surface area contributed by atoms with E-state index in [4.69, 9.17) is 5.11 Å². The summed E-state index contributed by atoms with van der Waals surface area (Å²) >= 11 is 0. The van der Waals surface area contributed by atoms with Gasteiger partial charge in [0.2, 0.25) is 0 Å². The normalized spacial score (nSPS) is 19.0. The molecule has 0 unspecified atom stereocenters. The van der Waals surface area contributed by atoms with Crippen molar-refractivity contribution >= 4 is 39.6 Å². The van der Waals surface area contributed by atoms with E-state index in [9.17, 15) is 14.7 Å². The van der Waals surface area contributed by atoms with Crippen LogP contribution in [0.5, 0.6) is 0 Å². The summed E-state index contributed by atoms with van der Waals surface area (Å²) in [6.07, 6.45) is 6.61. The molecule has 1 aromatic heterocycles. The van der Waals surface area contributed by atoms with E-state index in [0.29, 0.717) is 41.9 Å². The lowest BCUT2D eigenvalue weighted by Gasteiger charge is -2.27. The second-order valence-corrected chi connectivity index (χ2v) is 9.72. The third-order valence-electron chi connectivity index (χ3n) is 7.39. The molecule has 0 saturated carbocycles. The van der Waals surface area contributed by atoms with Crippen LogP contribution < -0.4 is 10.2 Å². The number of aryl methyl sites for hydroxylation is 1. The van der Waals surface area contributed by atoms with E-state index in [1.165, 1.54) is 0 Å². The first-order chi connectivity index (χ1) is 18.4. The average molecular weight is 510 g/mol. The monoisotopic (exact) mass is 509 g/mol. The van der Waals surface area contributed by atoms with Crippen molar-refractivity contribution in [1.29, 1.82) is 0 Å². The van der Waals surface area contributed by atoms with Gasteiger partial charge in [0.1, 0.15) is 0 Å². The number of nitrogens with one attached hydrogen (secondary N) is 1. The minimum Gasteiger partial charge on any atom is -0.396 e. The van der Waals surface area contributed by atoms with Crippen molar-refractivity contribution in [2.75, 3.05) is 16.8 Å². The van der Waals surface area contributed by atoms with Crippen LogP contribution in [0.2, 0.25) is 0 Å². The van der Waals surface area contributed by atoms with E-state index in [-0.39, 0.29) is 12.5 Å². The maximum atomic E-state index is 13.4. The van der Waals surface area contributed by atoms with Gasteiger partial charge in [0, 0.05) is 54.0 Å². The molecular weight excluding hydrogens is 482 g/mol. The van der Waals surface area contributed by atoms with Crippen molar-refractivity contribution in [3.8, 4) is 0 Å². The molecule has 0 bridgehead atoms. The number of hydrogen-bond donors (Lipinski definition) is 3. The van der Waals surface area contributed by atoms with Crippen LogP contribution in [0.4, 0.5) is 17.1 Å². The van der Waals surface area contributed by atoms with E-state index in [2.05, 4.69) is 15.6 Å². The lowest BCUT2D eigenvalue weighted by molar-refractivity contribution is -0.137.